The highest BCUT2D eigenvalue weighted by atomic mass is 16.5. The molecule has 6 nitrogen and oxygen atoms in total. The summed E-state index contributed by atoms with van der Waals surface area (Å²) in [7, 11) is 1.65. The topological polar surface area (TPSA) is 64.8 Å². The van der Waals surface area contributed by atoms with E-state index in [0.717, 1.165) is 12.2 Å². The van der Waals surface area contributed by atoms with Crippen molar-refractivity contribution in [3.8, 4) is 5.75 Å². The Morgan fingerprint density at radius 1 is 1.41 bits per heavy atom. The van der Waals surface area contributed by atoms with Gasteiger partial charge in [0.15, 0.2) is 6.39 Å². The van der Waals surface area contributed by atoms with Crippen molar-refractivity contribution in [2.75, 3.05) is 26.8 Å². The zero-order valence-corrected chi connectivity index (χ0v) is 12.4. The van der Waals surface area contributed by atoms with Gasteiger partial charge in [0.2, 0.25) is 5.76 Å². The fourth-order valence-electron chi connectivity index (χ4n) is 2.57. The summed E-state index contributed by atoms with van der Waals surface area (Å²) in [4.78, 5) is 17.8. The number of amides is 1. The first-order chi connectivity index (χ1) is 10.7. The number of hydrogen-bond acceptors (Lipinski definition) is 5. The number of ether oxygens (including phenoxy) is 2. The van der Waals surface area contributed by atoms with Crippen molar-refractivity contribution < 1.29 is 18.7 Å². The van der Waals surface area contributed by atoms with Crippen LogP contribution in [-0.4, -0.2) is 48.2 Å². The SMILES string of the molecule is CO[C@@]1(COc2ccccc2)CCN(C(=O)c2cnco2)C1. The van der Waals surface area contributed by atoms with Crippen molar-refractivity contribution in [1.82, 2.24) is 9.88 Å². The largest absolute Gasteiger partial charge is 0.491 e. The van der Waals surface area contributed by atoms with E-state index in [4.69, 9.17) is 13.9 Å². The van der Waals surface area contributed by atoms with Crippen LogP contribution in [0.1, 0.15) is 17.0 Å². The minimum Gasteiger partial charge on any atom is -0.491 e. The Balaban J connectivity index is 1.64. The second kappa shape index (κ2) is 6.19. The summed E-state index contributed by atoms with van der Waals surface area (Å²) in [6, 6.07) is 9.57. The van der Waals surface area contributed by atoms with Gasteiger partial charge in [-0.2, -0.15) is 0 Å². The maximum Gasteiger partial charge on any atom is 0.291 e. The summed E-state index contributed by atoms with van der Waals surface area (Å²) in [6.07, 6.45) is 3.40. The van der Waals surface area contributed by atoms with E-state index in [1.54, 1.807) is 12.0 Å². The van der Waals surface area contributed by atoms with Crippen LogP contribution in [0.25, 0.3) is 0 Å². The smallest absolute Gasteiger partial charge is 0.291 e. The fourth-order valence-corrected chi connectivity index (χ4v) is 2.57. The highest BCUT2D eigenvalue weighted by Gasteiger charge is 2.41. The molecule has 1 aromatic carbocycles. The summed E-state index contributed by atoms with van der Waals surface area (Å²) >= 11 is 0. The number of hydrogen-bond donors (Lipinski definition) is 0. The molecule has 0 unspecified atom stereocenters. The third kappa shape index (κ3) is 2.96. The number of aromatic nitrogens is 1. The van der Waals surface area contributed by atoms with Crippen LogP contribution >= 0.6 is 0 Å². The summed E-state index contributed by atoms with van der Waals surface area (Å²) in [6.45, 7) is 1.47. The van der Waals surface area contributed by atoms with E-state index >= 15 is 0 Å². The molecule has 1 amide bonds. The van der Waals surface area contributed by atoms with E-state index in [1.165, 1.54) is 12.6 Å². The standard InChI is InChI=1S/C16H18N2O4/c1-20-16(11-21-13-5-3-2-4-6-13)7-8-18(10-16)15(19)14-9-17-12-22-14/h2-6,9,12H,7-8,10-11H2,1H3/t16-/m0/s1. The molecule has 1 saturated heterocycles. The minimum atomic E-state index is -0.495. The van der Waals surface area contributed by atoms with Crippen LogP contribution < -0.4 is 4.74 Å². The molecule has 0 bridgehead atoms. The minimum absolute atomic E-state index is 0.170. The molecule has 1 atom stereocenters. The van der Waals surface area contributed by atoms with Gasteiger partial charge in [-0.3, -0.25) is 4.79 Å². The summed E-state index contributed by atoms with van der Waals surface area (Å²) < 4.78 is 16.5. The van der Waals surface area contributed by atoms with Gasteiger partial charge in [-0.25, -0.2) is 4.98 Å². The summed E-state index contributed by atoms with van der Waals surface area (Å²) in [5.41, 5.74) is -0.495. The maximum absolute atomic E-state index is 12.3. The number of nitrogens with zero attached hydrogens (tertiary/aromatic N) is 2. The quantitative estimate of drug-likeness (QED) is 0.845. The van der Waals surface area contributed by atoms with Crippen molar-refractivity contribution in [3.63, 3.8) is 0 Å². The van der Waals surface area contributed by atoms with Gasteiger partial charge in [-0.15, -0.1) is 0 Å². The van der Waals surface area contributed by atoms with E-state index in [2.05, 4.69) is 4.98 Å². The molecule has 1 aromatic heterocycles. The van der Waals surface area contributed by atoms with Crippen LogP contribution in [0.4, 0.5) is 0 Å². The van der Waals surface area contributed by atoms with Gasteiger partial charge in [-0.1, -0.05) is 18.2 Å². The number of benzene rings is 1. The molecule has 0 aliphatic carbocycles. The van der Waals surface area contributed by atoms with Gasteiger partial charge in [0, 0.05) is 13.7 Å². The average Bonchev–Trinajstić information content (AvgIpc) is 3.24. The predicted molar refractivity (Wildman–Crippen MR) is 78.7 cm³/mol. The molecule has 1 aliphatic heterocycles. The lowest BCUT2D eigenvalue weighted by molar-refractivity contribution is -0.0344. The molecule has 22 heavy (non-hydrogen) atoms. The number of oxazole rings is 1. The highest BCUT2D eigenvalue weighted by Crippen LogP contribution is 2.27. The van der Waals surface area contributed by atoms with Gasteiger partial charge in [0.1, 0.15) is 18.0 Å². The van der Waals surface area contributed by atoms with Crippen molar-refractivity contribution in [2.45, 2.75) is 12.0 Å². The molecular formula is C16H18N2O4. The molecule has 2 heterocycles. The van der Waals surface area contributed by atoms with Crippen molar-refractivity contribution >= 4 is 5.91 Å². The molecule has 1 fully saturated rings. The van der Waals surface area contributed by atoms with Crippen LogP contribution in [0.3, 0.4) is 0 Å². The summed E-state index contributed by atoms with van der Waals surface area (Å²) in [5.74, 6) is 0.867. The molecule has 3 rings (SSSR count). The van der Waals surface area contributed by atoms with Crippen LogP contribution in [-0.2, 0) is 4.74 Å². The van der Waals surface area contributed by atoms with Crippen LogP contribution in [0.5, 0.6) is 5.75 Å². The first-order valence-corrected chi connectivity index (χ1v) is 7.13. The Labute approximate surface area is 128 Å². The van der Waals surface area contributed by atoms with E-state index in [9.17, 15) is 4.79 Å². The predicted octanol–water partition coefficient (Wildman–Crippen LogP) is 1.98. The summed E-state index contributed by atoms with van der Waals surface area (Å²) in [5, 5.41) is 0. The Bertz CT molecular complexity index is 614. The van der Waals surface area contributed by atoms with Gasteiger partial charge >= 0.3 is 0 Å². The number of carbonyl (C=O) groups excluding carboxylic acids is 1. The number of para-hydroxylation sites is 1. The van der Waals surface area contributed by atoms with Gasteiger partial charge in [0.05, 0.1) is 12.7 Å². The van der Waals surface area contributed by atoms with Crippen LogP contribution in [0.2, 0.25) is 0 Å². The zero-order chi connectivity index (χ0) is 15.4. The van der Waals surface area contributed by atoms with E-state index in [0.29, 0.717) is 19.7 Å². The Morgan fingerprint density at radius 3 is 2.91 bits per heavy atom. The molecule has 0 spiro atoms. The molecule has 0 radical (unpaired) electrons. The number of likely N-dealkylation sites (tertiary alicyclic amines) is 1. The van der Waals surface area contributed by atoms with Crippen molar-refractivity contribution in [2.24, 2.45) is 0 Å². The number of methoxy groups -OCH3 is 1. The van der Waals surface area contributed by atoms with Crippen LogP contribution in [0, 0.1) is 0 Å². The average molecular weight is 302 g/mol. The normalized spacial score (nSPS) is 21.0. The molecule has 2 aromatic rings. The Kier molecular flexibility index (Phi) is 4.11. The second-order valence-electron chi connectivity index (χ2n) is 5.33. The zero-order valence-electron chi connectivity index (χ0n) is 12.4. The van der Waals surface area contributed by atoms with E-state index in [1.807, 2.05) is 30.3 Å². The lowest BCUT2D eigenvalue weighted by Gasteiger charge is -2.27. The lowest BCUT2D eigenvalue weighted by atomic mass is 10.0. The van der Waals surface area contributed by atoms with E-state index in [-0.39, 0.29) is 11.7 Å². The second-order valence-corrected chi connectivity index (χ2v) is 5.33. The lowest BCUT2D eigenvalue weighted by Crippen LogP contribution is -2.42. The number of rotatable bonds is 5. The third-order valence-corrected chi connectivity index (χ3v) is 3.92. The van der Waals surface area contributed by atoms with E-state index < -0.39 is 5.60 Å². The molecular weight excluding hydrogens is 284 g/mol. The molecule has 116 valence electrons. The molecule has 6 heteroatoms. The first-order valence-electron chi connectivity index (χ1n) is 7.13. The third-order valence-electron chi connectivity index (χ3n) is 3.92. The monoisotopic (exact) mass is 302 g/mol. The maximum atomic E-state index is 12.3. The number of carbonyl (C=O) groups is 1. The van der Waals surface area contributed by atoms with Crippen LogP contribution in [0.15, 0.2) is 47.3 Å². The van der Waals surface area contributed by atoms with Crippen molar-refractivity contribution in [3.05, 3.63) is 48.7 Å². The van der Waals surface area contributed by atoms with Gasteiger partial charge in [-0.05, 0) is 18.6 Å². The van der Waals surface area contributed by atoms with Gasteiger partial charge < -0.3 is 18.8 Å². The fraction of sp³-hybridized carbons (Fsp3) is 0.375. The first kappa shape index (κ1) is 14.6. The van der Waals surface area contributed by atoms with Gasteiger partial charge in [0.25, 0.3) is 5.91 Å². The molecule has 0 saturated carbocycles. The Hall–Kier alpha value is -2.34. The molecule has 1 aliphatic rings. The Morgan fingerprint density at radius 2 is 2.23 bits per heavy atom. The highest BCUT2D eigenvalue weighted by molar-refractivity contribution is 5.91. The van der Waals surface area contributed by atoms with Crippen molar-refractivity contribution in [1.29, 1.82) is 0 Å². The molecule has 0 N–H and O–H groups in total.